The van der Waals surface area contributed by atoms with Gasteiger partial charge in [0.25, 0.3) is 0 Å². The van der Waals surface area contributed by atoms with Crippen LogP contribution in [-0.2, 0) is 9.47 Å². The zero-order valence-corrected chi connectivity index (χ0v) is 9.22. The van der Waals surface area contributed by atoms with Crippen molar-refractivity contribution in [3.63, 3.8) is 0 Å². The zero-order valence-electron chi connectivity index (χ0n) is 9.22. The molecule has 0 aliphatic carbocycles. The van der Waals surface area contributed by atoms with Gasteiger partial charge in [-0.05, 0) is 0 Å². The molecule has 0 spiro atoms. The first-order valence-corrected chi connectivity index (χ1v) is 5.29. The SMILES string of the molecule is N[C@H]1[C@H](O)[C@H](O)[C@@H](OCC(O)CO)O[C@@H]1CO. The molecule has 0 saturated carbocycles. The van der Waals surface area contributed by atoms with Crippen molar-refractivity contribution < 1.29 is 35.0 Å². The van der Waals surface area contributed by atoms with Gasteiger partial charge in [-0.25, -0.2) is 0 Å². The molecule has 6 atom stereocenters. The molecular formula is C9H19NO7. The summed E-state index contributed by atoms with van der Waals surface area (Å²) >= 11 is 0. The molecule has 1 rings (SSSR count). The number of aliphatic hydroxyl groups excluding tert-OH is 5. The van der Waals surface area contributed by atoms with E-state index in [0.717, 1.165) is 0 Å². The molecule has 7 N–H and O–H groups in total. The third-order valence-electron chi connectivity index (χ3n) is 2.60. The van der Waals surface area contributed by atoms with Crippen LogP contribution in [0.4, 0.5) is 0 Å². The lowest BCUT2D eigenvalue weighted by Gasteiger charge is -2.40. The van der Waals surface area contributed by atoms with E-state index in [4.69, 9.17) is 30.5 Å². The summed E-state index contributed by atoms with van der Waals surface area (Å²) in [7, 11) is 0. The molecule has 0 aromatic rings. The second-order valence-electron chi connectivity index (χ2n) is 3.95. The predicted molar refractivity (Wildman–Crippen MR) is 54.8 cm³/mol. The predicted octanol–water partition coefficient (Wildman–Crippen LogP) is -3.88. The molecule has 1 aliphatic rings. The van der Waals surface area contributed by atoms with Gasteiger partial charge in [0.05, 0.1) is 25.9 Å². The number of hydrogen-bond acceptors (Lipinski definition) is 8. The van der Waals surface area contributed by atoms with Crippen molar-refractivity contribution in [3.8, 4) is 0 Å². The van der Waals surface area contributed by atoms with Crippen molar-refractivity contribution in [2.24, 2.45) is 5.73 Å². The van der Waals surface area contributed by atoms with Gasteiger partial charge in [0.15, 0.2) is 6.29 Å². The fourth-order valence-corrected chi connectivity index (χ4v) is 1.51. The highest BCUT2D eigenvalue weighted by molar-refractivity contribution is 4.91. The Kier molecular flexibility index (Phi) is 5.70. The Balaban J connectivity index is 2.53. The number of aliphatic hydroxyl groups is 5. The van der Waals surface area contributed by atoms with Crippen LogP contribution in [0, 0.1) is 0 Å². The van der Waals surface area contributed by atoms with Gasteiger partial charge >= 0.3 is 0 Å². The summed E-state index contributed by atoms with van der Waals surface area (Å²) in [4.78, 5) is 0. The van der Waals surface area contributed by atoms with E-state index in [0.29, 0.717) is 0 Å². The quantitative estimate of drug-likeness (QED) is 0.292. The van der Waals surface area contributed by atoms with Crippen LogP contribution < -0.4 is 5.73 Å². The van der Waals surface area contributed by atoms with Crippen LogP contribution in [-0.4, -0.2) is 82.1 Å². The van der Waals surface area contributed by atoms with Crippen molar-refractivity contribution in [1.29, 1.82) is 0 Å². The lowest BCUT2D eigenvalue weighted by Crippen LogP contribution is -2.62. The summed E-state index contributed by atoms with van der Waals surface area (Å²) in [5.41, 5.74) is 5.53. The minimum atomic E-state index is -1.38. The van der Waals surface area contributed by atoms with E-state index >= 15 is 0 Å². The fourth-order valence-electron chi connectivity index (χ4n) is 1.51. The molecule has 0 bridgehead atoms. The van der Waals surface area contributed by atoms with Gasteiger partial charge in [-0.1, -0.05) is 0 Å². The molecule has 0 aromatic heterocycles. The number of rotatable bonds is 5. The van der Waals surface area contributed by atoms with Gasteiger partial charge in [0, 0.05) is 0 Å². The maximum absolute atomic E-state index is 9.60. The molecule has 1 aliphatic heterocycles. The number of ether oxygens (including phenoxy) is 2. The van der Waals surface area contributed by atoms with Gasteiger partial charge in [-0.2, -0.15) is 0 Å². The second-order valence-corrected chi connectivity index (χ2v) is 3.95. The highest BCUT2D eigenvalue weighted by atomic mass is 16.7. The largest absolute Gasteiger partial charge is 0.394 e. The smallest absolute Gasteiger partial charge is 0.186 e. The van der Waals surface area contributed by atoms with E-state index in [2.05, 4.69) is 0 Å². The molecule has 1 saturated heterocycles. The van der Waals surface area contributed by atoms with E-state index in [1.54, 1.807) is 0 Å². The van der Waals surface area contributed by atoms with Crippen molar-refractivity contribution in [2.75, 3.05) is 19.8 Å². The fraction of sp³-hybridized carbons (Fsp3) is 1.00. The summed E-state index contributed by atoms with van der Waals surface area (Å²) in [5, 5.41) is 45.8. The minimum Gasteiger partial charge on any atom is -0.394 e. The molecule has 1 unspecified atom stereocenters. The maximum atomic E-state index is 9.60. The van der Waals surface area contributed by atoms with Crippen LogP contribution in [0.15, 0.2) is 0 Å². The number of hydrogen-bond donors (Lipinski definition) is 6. The summed E-state index contributed by atoms with van der Waals surface area (Å²) in [6.45, 7) is -1.18. The van der Waals surface area contributed by atoms with Crippen LogP contribution in [0.2, 0.25) is 0 Å². The Hall–Kier alpha value is -0.320. The van der Waals surface area contributed by atoms with Crippen LogP contribution in [0.3, 0.4) is 0 Å². The van der Waals surface area contributed by atoms with E-state index in [9.17, 15) is 10.2 Å². The molecule has 8 nitrogen and oxygen atoms in total. The molecule has 102 valence electrons. The third-order valence-corrected chi connectivity index (χ3v) is 2.60. The van der Waals surface area contributed by atoms with Crippen molar-refractivity contribution in [3.05, 3.63) is 0 Å². The minimum absolute atomic E-state index is 0.266. The van der Waals surface area contributed by atoms with E-state index in [1.807, 2.05) is 0 Å². The van der Waals surface area contributed by atoms with E-state index in [-0.39, 0.29) is 6.61 Å². The molecule has 8 heteroatoms. The van der Waals surface area contributed by atoms with E-state index in [1.165, 1.54) is 0 Å². The first-order valence-electron chi connectivity index (χ1n) is 5.29. The average molecular weight is 253 g/mol. The summed E-state index contributed by atoms with van der Waals surface area (Å²) < 4.78 is 10.1. The molecule has 1 fully saturated rings. The first-order chi connectivity index (χ1) is 8.01. The summed E-state index contributed by atoms with van der Waals surface area (Å²) in [6, 6.07) is -0.919. The summed E-state index contributed by atoms with van der Waals surface area (Å²) in [6.07, 6.45) is -5.84. The van der Waals surface area contributed by atoms with Crippen LogP contribution >= 0.6 is 0 Å². The average Bonchev–Trinajstić information content (AvgIpc) is 2.34. The standard InChI is InChI=1S/C9H19NO7/c10-6-5(2-12)17-9(8(15)7(6)14)16-3-4(13)1-11/h4-9,11-15H,1-3,10H2/t4?,5-,6-,7+,8+,9+/m1/s1. The highest BCUT2D eigenvalue weighted by Crippen LogP contribution is 2.20. The first kappa shape index (κ1) is 14.7. The van der Waals surface area contributed by atoms with Gasteiger partial charge in [-0.15, -0.1) is 0 Å². The molecule has 0 radical (unpaired) electrons. The monoisotopic (exact) mass is 253 g/mol. The van der Waals surface area contributed by atoms with Crippen LogP contribution in [0.25, 0.3) is 0 Å². The Morgan fingerprint density at radius 1 is 1.24 bits per heavy atom. The van der Waals surface area contributed by atoms with Gasteiger partial charge < -0.3 is 40.7 Å². The Morgan fingerprint density at radius 2 is 1.88 bits per heavy atom. The zero-order chi connectivity index (χ0) is 13.0. The van der Waals surface area contributed by atoms with Crippen molar-refractivity contribution in [2.45, 2.75) is 36.7 Å². The van der Waals surface area contributed by atoms with Crippen molar-refractivity contribution >= 4 is 0 Å². The third kappa shape index (κ3) is 3.57. The van der Waals surface area contributed by atoms with E-state index < -0.39 is 50.0 Å². The molecular weight excluding hydrogens is 234 g/mol. The van der Waals surface area contributed by atoms with Gasteiger partial charge in [0.2, 0.25) is 0 Å². The van der Waals surface area contributed by atoms with Gasteiger partial charge in [0.1, 0.15) is 24.4 Å². The maximum Gasteiger partial charge on any atom is 0.186 e. The summed E-state index contributed by atoms with van der Waals surface area (Å²) in [5.74, 6) is 0. The van der Waals surface area contributed by atoms with Crippen LogP contribution in [0.5, 0.6) is 0 Å². The lowest BCUT2D eigenvalue weighted by atomic mass is 9.97. The Labute approximate surface area is 98.2 Å². The van der Waals surface area contributed by atoms with Gasteiger partial charge in [-0.3, -0.25) is 0 Å². The van der Waals surface area contributed by atoms with Crippen LogP contribution in [0.1, 0.15) is 0 Å². The molecule has 1 heterocycles. The lowest BCUT2D eigenvalue weighted by molar-refractivity contribution is -0.281. The Morgan fingerprint density at radius 3 is 2.41 bits per heavy atom. The Bertz CT molecular complexity index is 227. The second kappa shape index (κ2) is 6.57. The molecule has 0 aromatic carbocycles. The topological polar surface area (TPSA) is 146 Å². The number of nitrogens with two attached hydrogens (primary N) is 1. The normalized spacial score (nSPS) is 40.2. The highest BCUT2D eigenvalue weighted by Gasteiger charge is 2.43. The van der Waals surface area contributed by atoms with Crippen molar-refractivity contribution in [1.82, 2.24) is 0 Å². The molecule has 0 amide bonds. The molecule has 17 heavy (non-hydrogen) atoms.